The molecular weight excluding hydrogens is 384 g/mol. The van der Waals surface area contributed by atoms with Gasteiger partial charge in [-0.05, 0) is 32.4 Å². The van der Waals surface area contributed by atoms with Crippen molar-refractivity contribution < 1.29 is 14.0 Å². The minimum Gasteiger partial charge on any atom is -0.451 e. The molecule has 5 nitrogen and oxygen atoms in total. The van der Waals surface area contributed by atoms with Gasteiger partial charge in [0.15, 0.2) is 5.76 Å². The largest absolute Gasteiger partial charge is 0.451 e. The van der Waals surface area contributed by atoms with Crippen LogP contribution in [0.25, 0.3) is 11.0 Å². The molecule has 2 N–H and O–H groups in total. The molecule has 0 aliphatic carbocycles. The van der Waals surface area contributed by atoms with E-state index in [2.05, 4.69) is 22.8 Å². The van der Waals surface area contributed by atoms with Crippen LogP contribution in [0.15, 0.2) is 59.0 Å². The van der Waals surface area contributed by atoms with E-state index < -0.39 is 0 Å². The molecule has 2 amide bonds. The SMILES string of the molecule is CC(C)(C)NC(=O)CNC(=O)c1oc2ccccc2c1CSCc1ccccc1. The quantitative estimate of drug-likeness (QED) is 0.601. The molecule has 3 aromatic rings. The highest BCUT2D eigenvalue weighted by atomic mass is 32.2. The number of amides is 2. The third-order valence-corrected chi connectivity index (χ3v) is 5.22. The summed E-state index contributed by atoms with van der Waals surface area (Å²) in [6.45, 7) is 5.60. The molecule has 0 aliphatic rings. The van der Waals surface area contributed by atoms with Gasteiger partial charge in [-0.3, -0.25) is 9.59 Å². The Balaban J connectivity index is 1.72. The van der Waals surface area contributed by atoms with E-state index in [-0.39, 0.29) is 29.7 Å². The molecule has 1 aromatic heterocycles. The first-order chi connectivity index (χ1) is 13.8. The Bertz CT molecular complexity index is 990. The van der Waals surface area contributed by atoms with Crippen LogP contribution >= 0.6 is 11.8 Å². The van der Waals surface area contributed by atoms with Crippen molar-refractivity contribution in [1.29, 1.82) is 0 Å². The predicted octanol–water partition coefficient (Wildman–Crippen LogP) is 4.51. The van der Waals surface area contributed by atoms with Gasteiger partial charge in [-0.25, -0.2) is 0 Å². The van der Waals surface area contributed by atoms with Crippen LogP contribution in [0.5, 0.6) is 0 Å². The smallest absolute Gasteiger partial charge is 0.287 e. The average molecular weight is 411 g/mol. The Hall–Kier alpha value is -2.73. The number of fused-ring (bicyclic) bond motifs is 1. The van der Waals surface area contributed by atoms with Gasteiger partial charge in [0.05, 0.1) is 6.54 Å². The lowest BCUT2D eigenvalue weighted by Gasteiger charge is -2.20. The number of carbonyl (C=O) groups is 2. The molecule has 0 radical (unpaired) electrons. The summed E-state index contributed by atoms with van der Waals surface area (Å²) in [6, 6.07) is 17.8. The maximum absolute atomic E-state index is 12.7. The van der Waals surface area contributed by atoms with Gasteiger partial charge in [0.1, 0.15) is 5.58 Å². The molecule has 2 aromatic carbocycles. The summed E-state index contributed by atoms with van der Waals surface area (Å²) < 4.78 is 5.84. The van der Waals surface area contributed by atoms with Crippen molar-refractivity contribution in [2.24, 2.45) is 0 Å². The van der Waals surface area contributed by atoms with Crippen LogP contribution in [-0.2, 0) is 16.3 Å². The average Bonchev–Trinajstić information content (AvgIpc) is 3.04. The third kappa shape index (κ3) is 5.87. The monoisotopic (exact) mass is 410 g/mol. The van der Waals surface area contributed by atoms with E-state index >= 15 is 0 Å². The van der Waals surface area contributed by atoms with Gasteiger partial charge in [0.25, 0.3) is 5.91 Å². The molecule has 0 aliphatic heterocycles. The van der Waals surface area contributed by atoms with Gasteiger partial charge >= 0.3 is 0 Å². The van der Waals surface area contributed by atoms with Crippen LogP contribution in [0.2, 0.25) is 0 Å². The summed E-state index contributed by atoms with van der Waals surface area (Å²) in [5, 5.41) is 6.44. The number of nitrogens with one attached hydrogen (secondary N) is 2. The molecule has 6 heteroatoms. The number of hydrogen-bond acceptors (Lipinski definition) is 4. The Labute approximate surface area is 175 Å². The van der Waals surface area contributed by atoms with Crippen LogP contribution in [0.1, 0.15) is 42.5 Å². The number of rotatable bonds is 7. The van der Waals surface area contributed by atoms with E-state index in [1.165, 1.54) is 5.56 Å². The van der Waals surface area contributed by atoms with Crippen molar-refractivity contribution >= 4 is 34.5 Å². The first-order valence-electron chi connectivity index (χ1n) is 9.55. The highest BCUT2D eigenvalue weighted by molar-refractivity contribution is 7.97. The second kappa shape index (κ2) is 9.18. The molecule has 152 valence electrons. The second-order valence-corrected chi connectivity index (χ2v) is 8.85. The first kappa shape index (κ1) is 21.0. The Morgan fingerprint density at radius 2 is 1.66 bits per heavy atom. The van der Waals surface area contributed by atoms with Crippen LogP contribution in [-0.4, -0.2) is 23.9 Å². The van der Waals surface area contributed by atoms with Gasteiger partial charge in [0.2, 0.25) is 5.91 Å². The zero-order valence-corrected chi connectivity index (χ0v) is 17.8. The van der Waals surface area contributed by atoms with Crippen molar-refractivity contribution in [3.63, 3.8) is 0 Å². The van der Waals surface area contributed by atoms with Crippen molar-refractivity contribution in [1.82, 2.24) is 10.6 Å². The van der Waals surface area contributed by atoms with Crippen molar-refractivity contribution in [2.45, 2.75) is 37.8 Å². The van der Waals surface area contributed by atoms with Crippen molar-refractivity contribution in [3.8, 4) is 0 Å². The molecule has 1 heterocycles. The van der Waals surface area contributed by atoms with E-state index in [4.69, 9.17) is 4.42 Å². The molecule has 0 saturated carbocycles. The number of para-hydroxylation sites is 1. The Morgan fingerprint density at radius 3 is 2.38 bits per heavy atom. The van der Waals surface area contributed by atoms with E-state index in [9.17, 15) is 9.59 Å². The molecule has 0 spiro atoms. The lowest BCUT2D eigenvalue weighted by atomic mass is 10.1. The fraction of sp³-hybridized carbons (Fsp3) is 0.304. The van der Waals surface area contributed by atoms with Crippen LogP contribution in [0, 0.1) is 0 Å². The minimum absolute atomic E-state index is 0.0935. The first-order valence-corrected chi connectivity index (χ1v) is 10.7. The van der Waals surface area contributed by atoms with Crippen molar-refractivity contribution in [2.75, 3.05) is 6.54 Å². The normalized spacial score (nSPS) is 11.4. The molecular formula is C23H26N2O3S. The minimum atomic E-state index is -0.374. The summed E-state index contributed by atoms with van der Waals surface area (Å²) in [5.74, 6) is 1.15. The zero-order valence-electron chi connectivity index (χ0n) is 17.0. The van der Waals surface area contributed by atoms with Gasteiger partial charge in [-0.2, -0.15) is 11.8 Å². The maximum Gasteiger partial charge on any atom is 0.287 e. The molecule has 0 fully saturated rings. The maximum atomic E-state index is 12.7. The highest BCUT2D eigenvalue weighted by Gasteiger charge is 2.21. The summed E-state index contributed by atoms with van der Waals surface area (Å²) in [6.07, 6.45) is 0. The van der Waals surface area contributed by atoms with Crippen LogP contribution in [0.3, 0.4) is 0 Å². The van der Waals surface area contributed by atoms with E-state index in [0.29, 0.717) is 11.3 Å². The molecule has 0 unspecified atom stereocenters. The van der Waals surface area contributed by atoms with E-state index in [1.54, 1.807) is 11.8 Å². The lowest BCUT2D eigenvalue weighted by Crippen LogP contribution is -2.45. The summed E-state index contributed by atoms with van der Waals surface area (Å²) >= 11 is 1.72. The summed E-state index contributed by atoms with van der Waals surface area (Å²) in [7, 11) is 0. The Kier molecular flexibility index (Phi) is 6.64. The number of benzene rings is 2. The summed E-state index contributed by atoms with van der Waals surface area (Å²) in [5.41, 5.74) is 2.41. The topological polar surface area (TPSA) is 71.3 Å². The number of thioether (sulfide) groups is 1. The van der Waals surface area contributed by atoms with Crippen LogP contribution < -0.4 is 10.6 Å². The lowest BCUT2D eigenvalue weighted by molar-refractivity contribution is -0.121. The standard InChI is InChI=1S/C23H26N2O3S/c1-23(2,3)25-20(26)13-24-22(27)21-18(17-11-7-8-12-19(17)28-21)15-29-14-16-9-5-4-6-10-16/h4-12H,13-15H2,1-3H3,(H,24,27)(H,25,26). The number of furan rings is 1. The van der Waals surface area contributed by atoms with Crippen molar-refractivity contribution in [3.05, 3.63) is 71.5 Å². The van der Waals surface area contributed by atoms with E-state index in [1.807, 2.05) is 63.2 Å². The van der Waals surface area contributed by atoms with Gasteiger partial charge < -0.3 is 15.1 Å². The van der Waals surface area contributed by atoms with Crippen LogP contribution in [0.4, 0.5) is 0 Å². The zero-order chi connectivity index (χ0) is 20.9. The predicted molar refractivity (Wildman–Crippen MR) is 118 cm³/mol. The summed E-state index contributed by atoms with van der Waals surface area (Å²) in [4.78, 5) is 24.8. The number of hydrogen-bond donors (Lipinski definition) is 2. The molecule has 0 atom stereocenters. The third-order valence-electron chi connectivity index (χ3n) is 4.19. The fourth-order valence-electron chi connectivity index (χ4n) is 2.97. The molecule has 0 bridgehead atoms. The highest BCUT2D eigenvalue weighted by Crippen LogP contribution is 2.30. The fourth-order valence-corrected chi connectivity index (χ4v) is 3.99. The van der Waals surface area contributed by atoms with Gasteiger partial charge in [0, 0.05) is 28.0 Å². The van der Waals surface area contributed by atoms with Gasteiger partial charge in [-0.1, -0.05) is 48.5 Å². The molecule has 0 saturated heterocycles. The molecule has 3 rings (SSSR count). The second-order valence-electron chi connectivity index (χ2n) is 7.87. The van der Waals surface area contributed by atoms with Gasteiger partial charge in [-0.15, -0.1) is 0 Å². The molecule has 29 heavy (non-hydrogen) atoms. The Morgan fingerprint density at radius 1 is 0.966 bits per heavy atom. The number of carbonyl (C=O) groups excluding carboxylic acids is 2. The van der Waals surface area contributed by atoms with E-state index in [0.717, 1.165) is 16.7 Å².